The fraction of sp³-hybridized carbons (Fsp3) is 0.538. The van der Waals surface area contributed by atoms with Gasteiger partial charge >= 0.3 is 12.4 Å². The lowest BCUT2D eigenvalue weighted by Gasteiger charge is -2.16. The Hall–Kier alpha value is -1.28. The minimum absolute atomic E-state index is 0.0473. The number of halogens is 6. The van der Waals surface area contributed by atoms with E-state index < -0.39 is 23.5 Å². The van der Waals surface area contributed by atoms with E-state index in [9.17, 15) is 26.3 Å². The van der Waals surface area contributed by atoms with Crippen molar-refractivity contribution in [2.45, 2.75) is 31.4 Å². The van der Waals surface area contributed by atoms with Gasteiger partial charge in [-0.25, -0.2) is 0 Å². The first-order valence-electron chi connectivity index (χ1n) is 6.26. The van der Waals surface area contributed by atoms with Crippen LogP contribution < -0.4 is 5.32 Å². The second-order valence-electron chi connectivity index (χ2n) is 4.86. The van der Waals surface area contributed by atoms with Crippen molar-refractivity contribution in [3.63, 3.8) is 0 Å². The number of benzene rings is 1. The Kier molecular flexibility index (Phi) is 4.48. The Morgan fingerprint density at radius 2 is 1.57 bits per heavy atom. The predicted molar refractivity (Wildman–Crippen MR) is 62.5 cm³/mol. The summed E-state index contributed by atoms with van der Waals surface area (Å²) in [4.78, 5) is 0. The van der Waals surface area contributed by atoms with Crippen molar-refractivity contribution in [1.82, 2.24) is 5.32 Å². The van der Waals surface area contributed by atoms with Gasteiger partial charge in [-0.05, 0) is 30.2 Å². The molecular formula is C13H13F6NO. The van der Waals surface area contributed by atoms with Crippen LogP contribution in [0, 0.1) is 0 Å². The number of hydrogen-bond acceptors (Lipinski definition) is 2. The minimum atomic E-state index is -4.81. The second-order valence-corrected chi connectivity index (χ2v) is 4.86. The average Bonchev–Trinajstić information content (AvgIpc) is 2.87. The lowest BCUT2D eigenvalue weighted by molar-refractivity contribution is -0.143. The molecule has 0 amide bonds. The van der Waals surface area contributed by atoms with Crippen LogP contribution in [-0.2, 0) is 23.6 Å². The summed E-state index contributed by atoms with van der Waals surface area (Å²) in [7, 11) is 0. The average molecular weight is 313 g/mol. The Morgan fingerprint density at radius 3 is 2.00 bits per heavy atom. The molecule has 1 heterocycles. The van der Waals surface area contributed by atoms with Gasteiger partial charge in [0.25, 0.3) is 0 Å². The van der Waals surface area contributed by atoms with Gasteiger partial charge in [0.15, 0.2) is 0 Å². The van der Waals surface area contributed by atoms with Gasteiger partial charge in [-0.2, -0.15) is 26.3 Å². The first-order chi connectivity index (χ1) is 9.66. The first kappa shape index (κ1) is 16.1. The van der Waals surface area contributed by atoms with E-state index in [1.54, 1.807) is 0 Å². The van der Waals surface area contributed by atoms with Crippen LogP contribution in [0.15, 0.2) is 18.2 Å². The van der Waals surface area contributed by atoms with Crippen molar-refractivity contribution in [3.05, 3.63) is 34.9 Å². The van der Waals surface area contributed by atoms with Gasteiger partial charge in [0, 0.05) is 19.2 Å². The lowest BCUT2D eigenvalue weighted by atomic mass is 10.0. The molecule has 1 aromatic carbocycles. The molecule has 21 heavy (non-hydrogen) atoms. The number of hydrogen-bond donors (Lipinski definition) is 1. The molecule has 0 saturated carbocycles. The summed E-state index contributed by atoms with van der Waals surface area (Å²) < 4.78 is 81.1. The highest BCUT2D eigenvalue weighted by molar-refractivity contribution is 5.33. The standard InChI is InChI=1S/C13H13F6NO/c14-12(15,16)9-3-8(4-10(5-9)13(17,18)19)6-20-11-1-2-21-7-11/h3-5,11,20H,1-2,6-7H2. The summed E-state index contributed by atoms with van der Waals surface area (Å²) in [6.07, 6.45) is -8.94. The van der Waals surface area contributed by atoms with Crippen LogP contribution in [0.5, 0.6) is 0 Å². The zero-order valence-corrected chi connectivity index (χ0v) is 10.8. The second kappa shape index (κ2) is 5.84. The van der Waals surface area contributed by atoms with Crippen LogP contribution >= 0.6 is 0 Å². The molecule has 1 atom stereocenters. The molecule has 1 N–H and O–H groups in total. The number of rotatable bonds is 3. The summed E-state index contributed by atoms with van der Waals surface area (Å²) in [6.45, 7) is 0.875. The van der Waals surface area contributed by atoms with Gasteiger partial charge in [0.2, 0.25) is 0 Å². The summed E-state index contributed by atoms with van der Waals surface area (Å²) in [6, 6.07) is 1.55. The molecule has 0 aromatic heterocycles. The van der Waals surface area contributed by atoms with Crippen LogP contribution in [0.1, 0.15) is 23.1 Å². The third-order valence-corrected chi connectivity index (χ3v) is 3.17. The molecule has 2 nitrogen and oxygen atoms in total. The van der Waals surface area contributed by atoms with Crippen molar-refractivity contribution in [2.75, 3.05) is 13.2 Å². The van der Waals surface area contributed by atoms with E-state index in [1.165, 1.54) is 0 Å². The van der Waals surface area contributed by atoms with Crippen molar-refractivity contribution in [3.8, 4) is 0 Å². The van der Waals surface area contributed by atoms with Gasteiger partial charge in [-0.15, -0.1) is 0 Å². The maximum atomic E-state index is 12.7. The largest absolute Gasteiger partial charge is 0.416 e. The van der Waals surface area contributed by atoms with Crippen molar-refractivity contribution in [2.24, 2.45) is 0 Å². The Labute approximate surface area is 117 Å². The third kappa shape index (κ3) is 4.34. The fourth-order valence-electron chi connectivity index (χ4n) is 2.08. The molecule has 118 valence electrons. The molecule has 0 spiro atoms. The van der Waals surface area contributed by atoms with Crippen LogP contribution in [0.2, 0.25) is 0 Å². The predicted octanol–water partition coefficient (Wildman–Crippen LogP) is 3.60. The third-order valence-electron chi connectivity index (χ3n) is 3.17. The maximum Gasteiger partial charge on any atom is 0.416 e. The van der Waals surface area contributed by atoms with Crippen LogP contribution in [0.25, 0.3) is 0 Å². The SMILES string of the molecule is FC(F)(F)c1cc(CNC2CCOC2)cc(C(F)(F)F)c1. The smallest absolute Gasteiger partial charge is 0.380 e. The maximum absolute atomic E-state index is 12.7. The summed E-state index contributed by atoms with van der Waals surface area (Å²) >= 11 is 0. The summed E-state index contributed by atoms with van der Waals surface area (Å²) in [5.41, 5.74) is -2.64. The van der Waals surface area contributed by atoms with Crippen LogP contribution in [0.3, 0.4) is 0 Å². The van der Waals surface area contributed by atoms with Gasteiger partial charge < -0.3 is 10.1 Å². The van der Waals surface area contributed by atoms with E-state index in [4.69, 9.17) is 4.74 Å². The highest BCUT2D eigenvalue weighted by Gasteiger charge is 2.36. The van der Waals surface area contributed by atoms with Crippen LogP contribution in [-0.4, -0.2) is 19.3 Å². The molecule has 0 aliphatic carbocycles. The molecule has 1 saturated heterocycles. The Morgan fingerprint density at radius 1 is 1.00 bits per heavy atom. The van der Waals surface area contributed by atoms with Crippen molar-refractivity contribution in [1.29, 1.82) is 0 Å². The molecular weight excluding hydrogens is 300 g/mol. The van der Waals surface area contributed by atoms with Crippen molar-refractivity contribution >= 4 is 0 Å². The molecule has 0 radical (unpaired) electrons. The molecule has 2 rings (SSSR count). The molecule has 1 aromatic rings. The molecule has 1 unspecified atom stereocenters. The molecule has 0 bridgehead atoms. The topological polar surface area (TPSA) is 21.3 Å². The van der Waals surface area contributed by atoms with Gasteiger partial charge in [0.05, 0.1) is 17.7 Å². The Balaban J connectivity index is 2.22. The quantitative estimate of drug-likeness (QED) is 0.861. The zero-order valence-electron chi connectivity index (χ0n) is 10.8. The molecule has 1 aliphatic heterocycles. The van der Waals surface area contributed by atoms with Gasteiger partial charge in [0.1, 0.15) is 0 Å². The summed E-state index contributed by atoms with van der Waals surface area (Å²) in [5.74, 6) is 0. The van der Waals surface area contributed by atoms with Crippen molar-refractivity contribution < 1.29 is 31.1 Å². The molecule has 1 fully saturated rings. The van der Waals surface area contributed by atoms with E-state index in [1.807, 2.05) is 0 Å². The molecule has 8 heteroatoms. The normalized spacial score (nSPS) is 20.0. The van der Waals surface area contributed by atoms with E-state index >= 15 is 0 Å². The summed E-state index contributed by atoms with van der Waals surface area (Å²) in [5, 5.41) is 2.90. The number of ether oxygens (including phenoxy) is 1. The highest BCUT2D eigenvalue weighted by atomic mass is 19.4. The minimum Gasteiger partial charge on any atom is -0.380 e. The van der Waals surface area contributed by atoms with Gasteiger partial charge in [-0.3, -0.25) is 0 Å². The zero-order chi connectivity index (χ0) is 15.7. The van der Waals surface area contributed by atoms with Crippen LogP contribution in [0.4, 0.5) is 26.3 Å². The monoisotopic (exact) mass is 313 g/mol. The lowest BCUT2D eigenvalue weighted by Crippen LogP contribution is -2.28. The fourth-order valence-corrected chi connectivity index (χ4v) is 2.08. The van der Waals surface area contributed by atoms with E-state index in [0.717, 1.165) is 12.1 Å². The molecule has 1 aliphatic rings. The highest BCUT2D eigenvalue weighted by Crippen LogP contribution is 2.36. The first-order valence-corrected chi connectivity index (χ1v) is 6.26. The van der Waals surface area contributed by atoms with E-state index in [-0.39, 0.29) is 24.2 Å². The number of nitrogens with one attached hydrogen (secondary N) is 1. The number of alkyl halides is 6. The van der Waals surface area contributed by atoms with Gasteiger partial charge in [-0.1, -0.05) is 0 Å². The van der Waals surface area contributed by atoms with E-state index in [0.29, 0.717) is 19.6 Å². The Bertz CT molecular complexity index is 458. The van der Waals surface area contributed by atoms with E-state index in [2.05, 4.69) is 5.32 Å².